The average molecular weight is 204 g/mol. The second-order valence-electron chi connectivity index (χ2n) is 2.55. The zero-order valence-corrected chi connectivity index (χ0v) is 8.31. The molecule has 0 aromatic carbocycles. The molecule has 1 aliphatic heterocycles. The Morgan fingerprint density at radius 3 is 2.33 bits per heavy atom. The minimum Gasteiger partial charge on any atom is -0.146 e. The van der Waals surface area contributed by atoms with Crippen LogP contribution >= 0.6 is 33.8 Å². The van der Waals surface area contributed by atoms with Crippen LogP contribution in [0.25, 0.3) is 0 Å². The zero-order chi connectivity index (χ0) is 6.91. The van der Waals surface area contributed by atoms with Crippen molar-refractivity contribution in [3.63, 3.8) is 0 Å². The van der Waals surface area contributed by atoms with Crippen molar-refractivity contribution in [3.05, 3.63) is 0 Å². The van der Waals surface area contributed by atoms with Crippen LogP contribution in [-0.2, 0) is 0 Å². The lowest BCUT2D eigenvalue weighted by Crippen LogP contribution is -2.27. The first kappa shape index (κ1) is 8.19. The molecule has 1 heterocycles. The first-order valence-electron chi connectivity index (χ1n) is 3.12. The van der Waals surface area contributed by atoms with Crippen molar-refractivity contribution >= 4 is 40.5 Å². The lowest BCUT2D eigenvalue weighted by atomic mass is 10.3. The molecule has 54 valence electrons. The molecule has 1 aliphatic rings. The van der Waals surface area contributed by atoms with Crippen molar-refractivity contribution in [2.24, 2.45) is 0 Å². The van der Waals surface area contributed by atoms with Crippen LogP contribution in [0, 0.1) is 0 Å². The molecule has 1 fully saturated rings. The molecule has 0 aliphatic carbocycles. The van der Waals surface area contributed by atoms with E-state index in [1.165, 1.54) is 0 Å². The van der Waals surface area contributed by atoms with Gasteiger partial charge in [-0.25, -0.2) is 0 Å². The maximum absolute atomic E-state index is 5.99. The molecular formula is C5H9Cl3Si. The highest BCUT2D eigenvalue weighted by Crippen LogP contribution is 2.36. The van der Waals surface area contributed by atoms with Gasteiger partial charge in [-0.05, 0) is 18.5 Å². The van der Waals surface area contributed by atoms with E-state index in [9.17, 15) is 0 Å². The maximum atomic E-state index is 5.99. The Hall–Kier alpha value is 1.09. The summed E-state index contributed by atoms with van der Waals surface area (Å²) in [5, 5.41) is 0.250. The number of hydrogen-bond acceptors (Lipinski definition) is 0. The fourth-order valence-corrected chi connectivity index (χ4v) is 6.23. The Bertz CT molecular complexity index is 104. The summed E-state index contributed by atoms with van der Waals surface area (Å²) in [6.45, 7) is -1.84. The van der Waals surface area contributed by atoms with Crippen molar-refractivity contribution in [2.45, 2.75) is 30.3 Å². The third-order valence-electron chi connectivity index (χ3n) is 1.58. The Morgan fingerprint density at radius 2 is 2.00 bits per heavy atom. The molecule has 1 rings (SSSR count). The summed E-state index contributed by atoms with van der Waals surface area (Å²) in [6, 6.07) is 1.90. The predicted molar refractivity (Wildman–Crippen MR) is 45.9 cm³/mol. The maximum Gasteiger partial charge on any atom is 0.252 e. The summed E-state index contributed by atoms with van der Waals surface area (Å²) in [5.41, 5.74) is 0. The smallest absolute Gasteiger partial charge is 0.146 e. The van der Waals surface area contributed by atoms with Gasteiger partial charge in [0.25, 0.3) is 6.69 Å². The van der Waals surface area contributed by atoms with Gasteiger partial charge in [-0.3, -0.25) is 0 Å². The second-order valence-corrected chi connectivity index (χ2v) is 10.7. The first-order valence-corrected chi connectivity index (χ1v) is 7.99. The summed E-state index contributed by atoms with van der Waals surface area (Å²) in [6.07, 6.45) is 2.21. The topological polar surface area (TPSA) is 0 Å². The molecule has 4 heteroatoms. The second kappa shape index (κ2) is 2.99. The van der Waals surface area contributed by atoms with Gasteiger partial charge in [0, 0.05) is 5.38 Å². The van der Waals surface area contributed by atoms with Crippen LogP contribution in [-0.4, -0.2) is 12.1 Å². The van der Waals surface area contributed by atoms with E-state index in [-0.39, 0.29) is 5.38 Å². The normalized spacial score (nSPS) is 34.3. The molecule has 1 saturated heterocycles. The zero-order valence-electron chi connectivity index (χ0n) is 5.04. The highest BCUT2D eigenvalue weighted by Gasteiger charge is 2.34. The van der Waals surface area contributed by atoms with Crippen molar-refractivity contribution in [2.75, 3.05) is 0 Å². The molecule has 0 saturated carbocycles. The van der Waals surface area contributed by atoms with E-state index in [1.54, 1.807) is 0 Å². The average Bonchev–Trinajstić information content (AvgIpc) is 1.60. The highest BCUT2D eigenvalue weighted by molar-refractivity contribution is 7.45. The number of halogens is 3. The summed E-state index contributed by atoms with van der Waals surface area (Å²) in [4.78, 5) is 0. The largest absolute Gasteiger partial charge is 0.252 e. The third-order valence-corrected chi connectivity index (χ3v) is 6.45. The van der Waals surface area contributed by atoms with Crippen LogP contribution < -0.4 is 0 Å². The van der Waals surface area contributed by atoms with E-state index in [4.69, 9.17) is 33.8 Å². The molecule has 9 heavy (non-hydrogen) atoms. The summed E-state index contributed by atoms with van der Waals surface area (Å²) in [5.74, 6) is 0. The SMILES string of the molecule is ClC1CCC[Si](Cl)(Cl)C1. The van der Waals surface area contributed by atoms with Gasteiger partial charge in [-0.1, -0.05) is 6.42 Å². The van der Waals surface area contributed by atoms with Crippen LogP contribution in [0.3, 0.4) is 0 Å². The van der Waals surface area contributed by atoms with Gasteiger partial charge < -0.3 is 0 Å². The van der Waals surface area contributed by atoms with Crippen LogP contribution in [0.5, 0.6) is 0 Å². The van der Waals surface area contributed by atoms with Gasteiger partial charge in [-0.2, -0.15) is 0 Å². The van der Waals surface area contributed by atoms with E-state index in [1.807, 2.05) is 0 Å². The number of alkyl halides is 1. The highest BCUT2D eigenvalue weighted by atomic mass is 35.7. The Labute approximate surface area is 70.9 Å². The van der Waals surface area contributed by atoms with Gasteiger partial charge >= 0.3 is 0 Å². The Kier molecular flexibility index (Phi) is 2.72. The van der Waals surface area contributed by atoms with E-state index in [0.29, 0.717) is 0 Å². The fourth-order valence-electron chi connectivity index (χ4n) is 1.11. The van der Waals surface area contributed by atoms with Crippen LogP contribution in [0.2, 0.25) is 12.1 Å². The third kappa shape index (κ3) is 2.66. The molecule has 1 unspecified atom stereocenters. The Morgan fingerprint density at radius 1 is 1.33 bits per heavy atom. The van der Waals surface area contributed by atoms with Gasteiger partial charge in [-0.15, -0.1) is 33.8 Å². The quantitative estimate of drug-likeness (QED) is 0.322. The van der Waals surface area contributed by atoms with E-state index >= 15 is 0 Å². The van der Waals surface area contributed by atoms with E-state index in [2.05, 4.69) is 0 Å². The molecule has 0 N–H and O–H groups in total. The monoisotopic (exact) mass is 202 g/mol. The minimum absolute atomic E-state index is 0.250. The van der Waals surface area contributed by atoms with Gasteiger partial charge in [0.1, 0.15) is 0 Å². The van der Waals surface area contributed by atoms with Crippen molar-refractivity contribution in [3.8, 4) is 0 Å². The molecule has 0 radical (unpaired) electrons. The summed E-state index contributed by atoms with van der Waals surface area (Å²) < 4.78 is 0. The van der Waals surface area contributed by atoms with Crippen molar-refractivity contribution in [1.29, 1.82) is 0 Å². The lowest BCUT2D eigenvalue weighted by molar-refractivity contribution is 0.735. The van der Waals surface area contributed by atoms with Gasteiger partial charge in [0.15, 0.2) is 0 Å². The fraction of sp³-hybridized carbons (Fsp3) is 1.00. The van der Waals surface area contributed by atoms with Crippen LogP contribution in [0.1, 0.15) is 12.8 Å². The first-order chi connectivity index (χ1) is 4.10. The molecule has 0 spiro atoms. The minimum atomic E-state index is -1.84. The Balaban J connectivity index is 2.41. The van der Waals surface area contributed by atoms with E-state index in [0.717, 1.165) is 24.9 Å². The number of hydrogen-bond donors (Lipinski definition) is 0. The van der Waals surface area contributed by atoms with Crippen molar-refractivity contribution < 1.29 is 0 Å². The molecular weight excluding hydrogens is 194 g/mol. The number of rotatable bonds is 0. The van der Waals surface area contributed by atoms with Gasteiger partial charge in [0.2, 0.25) is 0 Å². The lowest BCUT2D eigenvalue weighted by Gasteiger charge is -2.25. The molecule has 0 amide bonds. The molecule has 0 aromatic heterocycles. The van der Waals surface area contributed by atoms with Gasteiger partial charge in [0.05, 0.1) is 0 Å². The summed E-state index contributed by atoms with van der Waals surface area (Å²) >= 11 is 17.8. The van der Waals surface area contributed by atoms with Crippen LogP contribution in [0.4, 0.5) is 0 Å². The molecule has 0 nitrogen and oxygen atoms in total. The molecule has 0 bridgehead atoms. The summed E-state index contributed by atoms with van der Waals surface area (Å²) in [7, 11) is 0. The molecule has 0 aromatic rings. The van der Waals surface area contributed by atoms with E-state index < -0.39 is 6.69 Å². The van der Waals surface area contributed by atoms with Crippen molar-refractivity contribution in [1.82, 2.24) is 0 Å². The standard InChI is InChI=1S/C5H9Cl3Si/c6-5-2-1-3-9(7,8)4-5/h5H,1-4H2. The molecule has 1 atom stereocenters. The predicted octanol–water partition coefficient (Wildman–Crippen LogP) is 3.31. The van der Waals surface area contributed by atoms with Crippen LogP contribution in [0.15, 0.2) is 0 Å².